The molecule has 1 aromatic carbocycles. The highest BCUT2D eigenvalue weighted by molar-refractivity contribution is 5.33. The molecule has 21 heavy (non-hydrogen) atoms. The van der Waals surface area contributed by atoms with Gasteiger partial charge in [0.1, 0.15) is 0 Å². The smallest absolute Gasteiger partial charge is 0.168 e. The fraction of sp³-hybridized carbons (Fsp3) is 0.438. The van der Waals surface area contributed by atoms with Gasteiger partial charge in [0.05, 0.1) is 11.9 Å². The number of nitrogens with one attached hydrogen (secondary N) is 1. The Morgan fingerprint density at radius 2 is 2.05 bits per heavy atom. The van der Waals surface area contributed by atoms with Gasteiger partial charge in [0, 0.05) is 6.54 Å². The lowest BCUT2D eigenvalue weighted by Gasteiger charge is -2.22. The van der Waals surface area contributed by atoms with Crippen LogP contribution in [-0.2, 0) is 6.54 Å². The predicted molar refractivity (Wildman–Crippen MR) is 79.0 cm³/mol. The van der Waals surface area contributed by atoms with E-state index in [2.05, 4.69) is 10.4 Å². The van der Waals surface area contributed by atoms with Gasteiger partial charge in [-0.05, 0) is 50.9 Å². The van der Waals surface area contributed by atoms with Crippen molar-refractivity contribution in [3.05, 3.63) is 42.0 Å². The van der Waals surface area contributed by atoms with Gasteiger partial charge in [0.15, 0.2) is 17.3 Å². The van der Waals surface area contributed by atoms with Gasteiger partial charge in [-0.25, -0.2) is 4.39 Å². The van der Waals surface area contributed by atoms with Crippen molar-refractivity contribution in [1.29, 1.82) is 0 Å². The second-order valence-electron chi connectivity index (χ2n) is 5.50. The molecule has 0 radical (unpaired) electrons. The summed E-state index contributed by atoms with van der Waals surface area (Å²) in [4.78, 5) is 0. The van der Waals surface area contributed by atoms with Crippen LogP contribution in [0.5, 0.6) is 11.5 Å². The SMILES string of the molecule is Cc1c(Oc2ccccc2F)cnn1CC1CCNCC1. The van der Waals surface area contributed by atoms with Crippen LogP contribution in [0, 0.1) is 18.7 Å². The number of para-hydroxylation sites is 1. The molecule has 0 amide bonds. The zero-order chi connectivity index (χ0) is 14.7. The fourth-order valence-electron chi connectivity index (χ4n) is 2.67. The van der Waals surface area contributed by atoms with Crippen molar-refractivity contribution in [2.45, 2.75) is 26.3 Å². The number of halogens is 1. The van der Waals surface area contributed by atoms with Crippen LogP contribution in [0.3, 0.4) is 0 Å². The number of nitrogens with zero attached hydrogens (tertiary/aromatic N) is 2. The molecule has 3 rings (SSSR count). The van der Waals surface area contributed by atoms with Gasteiger partial charge < -0.3 is 10.1 Å². The number of benzene rings is 1. The zero-order valence-corrected chi connectivity index (χ0v) is 12.2. The van der Waals surface area contributed by atoms with E-state index in [1.165, 1.54) is 18.9 Å². The molecular formula is C16H20FN3O. The maximum Gasteiger partial charge on any atom is 0.168 e. The molecule has 5 heteroatoms. The molecule has 0 spiro atoms. The summed E-state index contributed by atoms with van der Waals surface area (Å²) >= 11 is 0. The summed E-state index contributed by atoms with van der Waals surface area (Å²) in [6.45, 7) is 5.01. The Morgan fingerprint density at radius 3 is 2.81 bits per heavy atom. The maximum absolute atomic E-state index is 13.6. The number of rotatable bonds is 4. The van der Waals surface area contributed by atoms with Crippen LogP contribution >= 0.6 is 0 Å². The molecule has 2 aromatic rings. The first-order valence-corrected chi connectivity index (χ1v) is 7.39. The van der Waals surface area contributed by atoms with Gasteiger partial charge in [-0.1, -0.05) is 12.1 Å². The molecule has 1 aromatic heterocycles. The molecule has 1 fully saturated rings. The topological polar surface area (TPSA) is 39.1 Å². The first-order valence-electron chi connectivity index (χ1n) is 7.39. The lowest BCUT2D eigenvalue weighted by atomic mass is 9.98. The summed E-state index contributed by atoms with van der Waals surface area (Å²) in [5.74, 6) is 1.14. The van der Waals surface area contributed by atoms with E-state index < -0.39 is 0 Å². The van der Waals surface area contributed by atoms with E-state index in [4.69, 9.17) is 4.74 Å². The number of hydrogen-bond acceptors (Lipinski definition) is 3. The normalized spacial score (nSPS) is 16.1. The monoisotopic (exact) mass is 289 g/mol. The molecule has 1 saturated heterocycles. The fourth-order valence-corrected chi connectivity index (χ4v) is 2.67. The van der Waals surface area contributed by atoms with Gasteiger partial charge in [-0.2, -0.15) is 5.10 Å². The Bertz CT molecular complexity index is 605. The molecule has 0 saturated carbocycles. The standard InChI is InChI=1S/C16H20FN3O/c1-12-16(21-15-5-3-2-4-14(15)17)10-19-20(12)11-13-6-8-18-9-7-13/h2-5,10,13,18H,6-9,11H2,1H3. The average Bonchev–Trinajstić information content (AvgIpc) is 2.84. The molecule has 0 atom stereocenters. The lowest BCUT2D eigenvalue weighted by molar-refractivity contribution is 0.318. The third-order valence-corrected chi connectivity index (χ3v) is 4.00. The van der Waals surface area contributed by atoms with Crippen molar-refractivity contribution in [2.75, 3.05) is 13.1 Å². The predicted octanol–water partition coefficient (Wildman–Crippen LogP) is 3.12. The summed E-state index contributed by atoms with van der Waals surface area (Å²) in [5, 5.41) is 7.75. The second kappa shape index (κ2) is 6.26. The van der Waals surface area contributed by atoms with Crippen LogP contribution in [-0.4, -0.2) is 22.9 Å². The first-order chi connectivity index (χ1) is 10.2. The van der Waals surface area contributed by atoms with E-state index in [9.17, 15) is 4.39 Å². The Balaban J connectivity index is 1.71. The molecule has 0 bridgehead atoms. The van der Waals surface area contributed by atoms with Gasteiger partial charge in [0.25, 0.3) is 0 Å². The highest BCUT2D eigenvalue weighted by atomic mass is 19.1. The number of ether oxygens (including phenoxy) is 1. The summed E-state index contributed by atoms with van der Waals surface area (Å²) in [7, 11) is 0. The second-order valence-corrected chi connectivity index (χ2v) is 5.50. The zero-order valence-electron chi connectivity index (χ0n) is 12.2. The van der Waals surface area contributed by atoms with Crippen LogP contribution in [0.15, 0.2) is 30.5 Å². The van der Waals surface area contributed by atoms with Gasteiger partial charge in [-0.15, -0.1) is 0 Å². The molecule has 0 unspecified atom stereocenters. The minimum absolute atomic E-state index is 0.238. The van der Waals surface area contributed by atoms with Crippen LogP contribution in [0.4, 0.5) is 4.39 Å². The minimum Gasteiger partial charge on any atom is -0.451 e. The van der Waals surface area contributed by atoms with E-state index in [-0.39, 0.29) is 11.6 Å². The van der Waals surface area contributed by atoms with Crippen LogP contribution in [0.25, 0.3) is 0 Å². The molecule has 1 aliphatic rings. The van der Waals surface area contributed by atoms with E-state index >= 15 is 0 Å². The molecule has 4 nitrogen and oxygen atoms in total. The summed E-state index contributed by atoms with van der Waals surface area (Å²) < 4.78 is 21.2. The Hall–Kier alpha value is -1.88. The quantitative estimate of drug-likeness (QED) is 0.940. The summed E-state index contributed by atoms with van der Waals surface area (Å²) in [5.41, 5.74) is 0.941. The summed E-state index contributed by atoms with van der Waals surface area (Å²) in [6, 6.07) is 6.42. The van der Waals surface area contributed by atoms with Crippen molar-refractivity contribution in [3.8, 4) is 11.5 Å². The van der Waals surface area contributed by atoms with E-state index in [0.29, 0.717) is 11.7 Å². The highest BCUT2D eigenvalue weighted by Crippen LogP contribution is 2.27. The van der Waals surface area contributed by atoms with E-state index in [0.717, 1.165) is 25.3 Å². The lowest BCUT2D eigenvalue weighted by Crippen LogP contribution is -2.30. The maximum atomic E-state index is 13.6. The van der Waals surface area contributed by atoms with E-state index in [1.807, 2.05) is 11.6 Å². The molecule has 112 valence electrons. The Kier molecular flexibility index (Phi) is 4.20. The van der Waals surface area contributed by atoms with Crippen molar-refractivity contribution in [1.82, 2.24) is 15.1 Å². The molecule has 1 aliphatic heterocycles. The van der Waals surface area contributed by atoms with Crippen LogP contribution < -0.4 is 10.1 Å². The minimum atomic E-state index is -0.358. The number of aromatic nitrogens is 2. The van der Waals surface area contributed by atoms with Gasteiger partial charge >= 0.3 is 0 Å². The van der Waals surface area contributed by atoms with Crippen molar-refractivity contribution < 1.29 is 9.13 Å². The molecular weight excluding hydrogens is 269 g/mol. The first kappa shape index (κ1) is 14.1. The molecule has 0 aliphatic carbocycles. The summed E-state index contributed by atoms with van der Waals surface area (Å²) in [6.07, 6.45) is 4.01. The van der Waals surface area contributed by atoms with Crippen molar-refractivity contribution >= 4 is 0 Å². The third kappa shape index (κ3) is 3.24. The van der Waals surface area contributed by atoms with Crippen LogP contribution in [0.1, 0.15) is 18.5 Å². The Morgan fingerprint density at radius 1 is 1.29 bits per heavy atom. The number of hydrogen-bond donors (Lipinski definition) is 1. The van der Waals surface area contributed by atoms with Crippen LogP contribution in [0.2, 0.25) is 0 Å². The molecule has 2 heterocycles. The molecule has 1 N–H and O–H groups in total. The van der Waals surface area contributed by atoms with Crippen molar-refractivity contribution in [3.63, 3.8) is 0 Å². The van der Waals surface area contributed by atoms with Gasteiger partial charge in [-0.3, -0.25) is 4.68 Å². The Labute approximate surface area is 123 Å². The number of piperidine rings is 1. The van der Waals surface area contributed by atoms with Gasteiger partial charge in [0.2, 0.25) is 0 Å². The largest absolute Gasteiger partial charge is 0.451 e. The average molecular weight is 289 g/mol. The highest BCUT2D eigenvalue weighted by Gasteiger charge is 2.17. The third-order valence-electron chi connectivity index (χ3n) is 4.00. The van der Waals surface area contributed by atoms with E-state index in [1.54, 1.807) is 24.4 Å². The van der Waals surface area contributed by atoms with Crippen molar-refractivity contribution in [2.24, 2.45) is 5.92 Å².